The van der Waals surface area contributed by atoms with Crippen molar-refractivity contribution >= 4 is 33.4 Å². The Bertz CT molecular complexity index is 817. The molecule has 2 aromatic carbocycles. The van der Waals surface area contributed by atoms with Crippen LogP contribution in [0.3, 0.4) is 0 Å². The van der Waals surface area contributed by atoms with E-state index in [9.17, 15) is 0 Å². The largest absolute Gasteiger partial charge is 0.339 e. The lowest BCUT2D eigenvalue weighted by Crippen LogP contribution is -2.10. The molecule has 0 aliphatic rings. The molecule has 0 atom stereocenters. The summed E-state index contributed by atoms with van der Waals surface area (Å²) in [6, 6.07) is 13.8. The topological polar surface area (TPSA) is 4.93 Å². The maximum Gasteiger partial charge on any atom is 0.0491 e. The van der Waals surface area contributed by atoms with Crippen LogP contribution in [0.2, 0.25) is 0 Å². The van der Waals surface area contributed by atoms with Crippen molar-refractivity contribution in [1.82, 2.24) is 4.57 Å². The molecule has 1 heterocycles. The normalized spacial score (nSPS) is 13.1. The highest BCUT2D eigenvalue weighted by Crippen LogP contribution is 2.35. The first kappa shape index (κ1) is 17.4. The van der Waals surface area contributed by atoms with E-state index in [4.69, 9.17) is 11.6 Å². The number of benzene rings is 2. The fourth-order valence-electron chi connectivity index (χ4n) is 3.36. The number of fused-ring (bicyclic) bond motifs is 3. The zero-order valence-electron chi connectivity index (χ0n) is 15.7. The molecule has 0 amide bonds. The highest BCUT2D eigenvalue weighted by molar-refractivity contribution is 6.18. The second-order valence-electron chi connectivity index (χ2n) is 8.80. The molecule has 2 heteroatoms. The Labute approximate surface area is 150 Å². The van der Waals surface area contributed by atoms with Gasteiger partial charge in [-0.15, -0.1) is 11.6 Å². The highest BCUT2D eigenvalue weighted by atomic mass is 35.5. The van der Waals surface area contributed by atoms with Crippen molar-refractivity contribution < 1.29 is 0 Å². The van der Waals surface area contributed by atoms with Crippen molar-refractivity contribution in [2.75, 3.05) is 5.88 Å². The molecule has 1 aromatic heterocycles. The summed E-state index contributed by atoms with van der Waals surface area (Å²) in [6.45, 7) is 14.5. The van der Waals surface area contributed by atoms with E-state index in [0.29, 0.717) is 5.88 Å². The fraction of sp³-hybridized carbons (Fsp3) is 0.455. The van der Waals surface area contributed by atoms with Gasteiger partial charge >= 0.3 is 0 Å². The number of alkyl halides is 1. The lowest BCUT2D eigenvalue weighted by molar-refractivity contribution is 0.590. The number of rotatable bonds is 2. The average Bonchev–Trinajstić information content (AvgIpc) is 2.79. The SMILES string of the molecule is CC(C)(C)c1ccc2c(c1)c1cc(C(C)(C)C)ccc1n2CCCl. The predicted molar refractivity (Wildman–Crippen MR) is 108 cm³/mol. The van der Waals surface area contributed by atoms with Gasteiger partial charge in [-0.25, -0.2) is 0 Å². The third kappa shape index (κ3) is 2.95. The first-order valence-corrected chi connectivity index (χ1v) is 9.29. The summed E-state index contributed by atoms with van der Waals surface area (Å²) < 4.78 is 2.36. The van der Waals surface area contributed by atoms with Crippen LogP contribution >= 0.6 is 11.6 Å². The number of aryl methyl sites for hydroxylation is 1. The molecule has 0 unspecified atom stereocenters. The van der Waals surface area contributed by atoms with Crippen LogP contribution in [0.25, 0.3) is 21.8 Å². The van der Waals surface area contributed by atoms with Crippen molar-refractivity contribution in [2.45, 2.75) is 58.9 Å². The molecular weight excluding hydrogens is 314 g/mol. The molecule has 24 heavy (non-hydrogen) atoms. The molecule has 0 aliphatic carbocycles. The monoisotopic (exact) mass is 341 g/mol. The van der Waals surface area contributed by atoms with Crippen LogP contribution in [-0.2, 0) is 17.4 Å². The van der Waals surface area contributed by atoms with Crippen molar-refractivity contribution in [3.05, 3.63) is 47.5 Å². The summed E-state index contributed by atoms with van der Waals surface area (Å²) in [4.78, 5) is 0. The van der Waals surface area contributed by atoms with Gasteiger partial charge in [-0.1, -0.05) is 53.7 Å². The minimum Gasteiger partial charge on any atom is -0.339 e. The molecule has 0 N–H and O–H groups in total. The number of hydrogen-bond acceptors (Lipinski definition) is 0. The van der Waals surface area contributed by atoms with E-state index in [1.54, 1.807) is 0 Å². The lowest BCUT2D eigenvalue weighted by atomic mass is 9.85. The highest BCUT2D eigenvalue weighted by Gasteiger charge is 2.19. The summed E-state index contributed by atoms with van der Waals surface area (Å²) >= 11 is 6.08. The molecule has 0 aliphatic heterocycles. The van der Waals surface area contributed by atoms with Crippen molar-refractivity contribution in [2.24, 2.45) is 0 Å². The van der Waals surface area contributed by atoms with Crippen LogP contribution in [0, 0.1) is 0 Å². The second kappa shape index (κ2) is 5.81. The van der Waals surface area contributed by atoms with Gasteiger partial charge in [-0.05, 0) is 46.2 Å². The Kier molecular flexibility index (Phi) is 4.20. The molecule has 1 nitrogen and oxygen atoms in total. The van der Waals surface area contributed by atoms with Gasteiger partial charge in [0, 0.05) is 34.2 Å². The van der Waals surface area contributed by atoms with Crippen LogP contribution in [0.4, 0.5) is 0 Å². The van der Waals surface area contributed by atoms with Gasteiger partial charge in [0.15, 0.2) is 0 Å². The van der Waals surface area contributed by atoms with Gasteiger partial charge in [0.05, 0.1) is 0 Å². The molecule has 3 rings (SSSR count). The van der Waals surface area contributed by atoms with Crippen LogP contribution < -0.4 is 0 Å². The van der Waals surface area contributed by atoms with Gasteiger partial charge in [0.1, 0.15) is 0 Å². The van der Waals surface area contributed by atoms with Crippen LogP contribution in [0.5, 0.6) is 0 Å². The van der Waals surface area contributed by atoms with Gasteiger partial charge in [-0.2, -0.15) is 0 Å². The Morgan fingerprint density at radius 3 is 1.50 bits per heavy atom. The fourth-order valence-corrected chi connectivity index (χ4v) is 3.53. The molecule has 0 saturated carbocycles. The lowest BCUT2D eigenvalue weighted by Gasteiger charge is -2.19. The number of hydrogen-bond donors (Lipinski definition) is 0. The summed E-state index contributed by atoms with van der Waals surface area (Å²) in [5.41, 5.74) is 5.62. The summed E-state index contributed by atoms with van der Waals surface area (Å²) in [5.74, 6) is 0.626. The minimum absolute atomic E-state index is 0.150. The van der Waals surface area contributed by atoms with Gasteiger partial charge in [0.25, 0.3) is 0 Å². The van der Waals surface area contributed by atoms with E-state index < -0.39 is 0 Å². The molecule has 0 saturated heterocycles. The second-order valence-corrected chi connectivity index (χ2v) is 9.18. The average molecular weight is 342 g/mol. The van der Waals surface area contributed by atoms with E-state index in [1.807, 2.05) is 0 Å². The Morgan fingerprint density at radius 2 is 1.17 bits per heavy atom. The summed E-state index contributed by atoms with van der Waals surface area (Å²) in [6.07, 6.45) is 0. The van der Waals surface area contributed by atoms with E-state index in [1.165, 1.54) is 32.9 Å². The van der Waals surface area contributed by atoms with E-state index >= 15 is 0 Å². The van der Waals surface area contributed by atoms with E-state index in [0.717, 1.165) is 6.54 Å². The van der Waals surface area contributed by atoms with E-state index in [-0.39, 0.29) is 10.8 Å². The Hall–Kier alpha value is -1.47. The first-order valence-electron chi connectivity index (χ1n) is 8.76. The first-order chi connectivity index (χ1) is 11.1. The van der Waals surface area contributed by atoms with E-state index in [2.05, 4.69) is 82.5 Å². The van der Waals surface area contributed by atoms with Crippen LogP contribution in [0.1, 0.15) is 52.7 Å². The van der Waals surface area contributed by atoms with Crippen LogP contribution in [0.15, 0.2) is 36.4 Å². The third-order valence-corrected chi connectivity index (χ3v) is 5.07. The smallest absolute Gasteiger partial charge is 0.0491 e. The minimum atomic E-state index is 0.150. The molecule has 3 aromatic rings. The number of nitrogens with zero attached hydrogens (tertiary/aromatic N) is 1. The third-order valence-electron chi connectivity index (χ3n) is 4.91. The molecule has 0 radical (unpaired) electrons. The van der Waals surface area contributed by atoms with Crippen molar-refractivity contribution in [3.8, 4) is 0 Å². The molecular formula is C22H28ClN. The summed E-state index contributed by atoms with van der Waals surface area (Å²) in [5, 5.41) is 2.68. The van der Waals surface area contributed by atoms with Crippen LogP contribution in [-0.4, -0.2) is 10.4 Å². The maximum absolute atomic E-state index is 6.08. The number of aromatic nitrogens is 1. The van der Waals surface area contributed by atoms with Gasteiger partial charge in [0.2, 0.25) is 0 Å². The number of halogens is 1. The Balaban J connectivity index is 2.38. The molecule has 128 valence electrons. The summed E-state index contributed by atoms with van der Waals surface area (Å²) in [7, 11) is 0. The van der Waals surface area contributed by atoms with Gasteiger partial charge in [-0.3, -0.25) is 0 Å². The molecule has 0 fully saturated rings. The maximum atomic E-state index is 6.08. The van der Waals surface area contributed by atoms with Gasteiger partial charge < -0.3 is 4.57 Å². The zero-order chi connectivity index (χ0) is 17.7. The Morgan fingerprint density at radius 1 is 0.750 bits per heavy atom. The predicted octanol–water partition coefficient (Wildman–Crippen LogP) is 6.63. The standard InChI is InChI=1S/C22H28ClN/c1-21(2,3)15-7-9-19-17(13-15)18-14-16(22(4,5)6)8-10-20(18)24(19)12-11-23/h7-10,13-14H,11-12H2,1-6H3. The van der Waals surface area contributed by atoms with Crippen molar-refractivity contribution in [3.63, 3.8) is 0 Å². The quantitative estimate of drug-likeness (QED) is 0.461. The molecule has 0 spiro atoms. The zero-order valence-corrected chi connectivity index (χ0v) is 16.5. The molecule has 0 bridgehead atoms. The van der Waals surface area contributed by atoms with Crippen molar-refractivity contribution in [1.29, 1.82) is 0 Å².